The van der Waals surface area contributed by atoms with E-state index in [2.05, 4.69) is 20.4 Å². The average Bonchev–Trinajstić information content (AvgIpc) is 2.39. The number of unbranched alkanes of at least 4 members (excludes halogenated alkanes) is 8. The molecule has 112 valence electrons. The Morgan fingerprint density at radius 2 is 1.42 bits per heavy atom. The Hall–Kier alpha value is -0.790. The van der Waals surface area contributed by atoms with Crippen LogP contribution in [-0.4, -0.2) is 12.6 Å². The molecule has 2 nitrogen and oxygen atoms in total. The van der Waals surface area contributed by atoms with Crippen LogP contribution in [0.4, 0.5) is 0 Å². The fraction of sp³-hybridized carbons (Fsp3) is 0.824. The van der Waals surface area contributed by atoms with Crippen molar-refractivity contribution in [3.05, 3.63) is 12.7 Å². The normalized spacial score (nSPS) is 10.7. The topological polar surface area (TPSA) is 26.3 Å². The fourth-order valence-corrected chi connectivity index (χ4v) is 2.12. The summed E-state index contributed by atoms with van der Waals surface area (Å²) in [5.74, 6) is 0.552. The molecule has 0 N–H and O–H groups in total. The molecule has 19 heavy (non-hydrogen) atoms. The Balaban J connectivity index is 3.03. The first kappa shape index (κ1) is 18.2. The first-order valence-electron chi connectivity index (χ1n) is 7.96. The summed E-state index contributed by atoms with van der Waals surface area (Å²) in [6.45, 7) is 8.50. The molecule has 0 spiro atoms. The highest BCUT2D eigenvalue weighted by atomic mass is 16.5. The standard InChI is InChI=1S/C17H32O2/c1-4-17(18)19-15-13-11-9-7-5-6-8-10-12-14-16(2)3/h4,16H,1,5-15H2,2-3H3. The predicted octanol–water partition coefficient (Wildman–Crippen LogP) is 5.27. The van der Waals surface area contributed by atoms with Crippen molar-refractivity contribution in [2.45, 2.75) is 78.1 Å². The van der Waals surface area contributed by atoms with Gasteiger partial charge in [-0.1, -0.05) is 78.2 Å². The quantitative estimate of drug-likeness (QED) is 0.258. The minimum Gasteiger partial charge on any atom is -0.463 e. The molecule has 0 saturated heterocycles. The van der Waals surface area contributed by atoms with Crippen LogP contribution in [0.25, 0.3) is 0 Å². The van der Waals surface area contributed by atoms with Crippen molar-refractivity contribution in [1.82, 2.24) is 0 Å². The number of hydrogen-bond acceptors (Lipinski definition) is 2. The van der Waals surface area contributed by atoms with Crippen LogP contribution in [0.2, 0.25) is 0 Å². The van der Waals surface area contributed by atoms with Gasteiger partial charge in [0.25, 0.3) is 0 Å². The maximum Gasteiger partial charge on any atom is 0.330 e. The minimum atomic E-state index is -0.304. The highest BCUT2D eigenvalue weighted by Crippen LogP contribution is 2.12. The monoisotopic (exact) mass is 268 g/mol. The lowest BCUT2D eigenvalue weighted by atomic mass is 10.0. The number of carbonyl (C=O) groups excluding carboxylic acids is 1. The summed E-state index contributed by atoms with van der Waals surface area (Å²) in [7, 11) is 0. The van der Waals surface area contributed by atoms with Crippen molar-refractivity contribution in [2.75, 3.05) is 6.61 Å². The summed E-state index contributed by atoms with van der Waals surface area (Å²) < 4.78 is 4.93. The molecule has 0 saturated carbocycles. The molecule has 0 aromatic carbocycles. The van der Waals surface area contributed by atoms with Gasteiger partial charge in [-0.2, -0.15) is 0 Å². The molecule has 0 aliphatic heterocycles. The van der Waals surface area contributed by atoms with Gasteiger partial charge in [-0.15, -0.1) is 0 Å². The van der Waals surface area contributed by atoms with Crippen LogP contribution in [0.5, 0.6) is 0 Å². The van der Waals surface area contributed by atoms with Crippen LogP contribution < -0.4 is 0 Å². The Kier molecular flexibility index (Phi) is 13.1. The number of rotatable bonds is 13. The predicted molar refractivity (Wildman–Crippen MR) is 82.2 cm³/mol. The lowest BCUT2D eigenvalue weighted by Crippen LogP contribution is -2.01. The van der Waals surface area contributed by atoms with Crippen LogP contribution in [0.1, 0.15) is 78.1 Å². The average molecular weight is 268 g/mol. The van der Waals surface area contributed by atoms with Crippen molar-refractivity contribution >= 4 is 5.97 Å². The molecule has 0 atom stereocenters. The maximum atomic E-state index is 10.8. The lowest BCUT2D eigenvalue weighted by molar-refractivity contribution is -0.137. The summed E-state index contributed by atoms with van der Waals surface area (Å²) in [6.07, 6.45) is 14.2. The first-order chi connectivity index (χ1) is 9.16. The van der Waals surface area contributed by atoms with Crippen molar-refractivity contribution < 1.29 is 9.53 Å². The Morgan fingerprint density at radius 3 is 1.89 bits per heavy atom. The number of hydrogen-bond donors (Lipinski definition) is 0. The van der Waals surface area contributed by atoms with E-state index >= 15 is 0 Å². The molecule has 0 aliphatic carbocycles. The molecular formula is C17H32O2. The highest BCUT2D eigenvalue weighted by Gasteiger charge is 1.96. The molecule has 0 heterocycles. The third-order valence-corrected chi connectivity index (χ3v) is 3.34. The van der Waals surface area contributed by atoms with Crippen molar-refractivity contribution in [3.8, 4) is 0 Å². The van der Waals surface area contributed by atoms with Crippen molar-refractivity contribution in [1.29, 1.82) is 0 Å². The molecule has 0 aliphatic rings. The zero-order valence-corrected chi connectivity index (χ0v) is 13.0. The van der Waals surface area contributed by atoms with Gasteiger partial charge in [0.05, 0.1) is 6.61 Å². The smallest absolute Gasteiger partial charge is 0.330 e. The molecule has 0 fully saturated rings. The van der Waals surface area contributed by atoms with E-state index in [4.69, 9.17) is 4.74 Å². The van der Waals surface area contributed by atoms with Gasteiger partial charge in [-0.3, -0.25) is 0 Å². The van der Waals surface area contributed by atoms with Crippen LogP contribution >= 0.6 is 0 Å². The summed E-state index contributed by atoms with van der Waals surface area (Å²) in [4.78, 5) is 10.8. The van der Waals surface area contributed by atoms with E-state index in [1.807, 2.05) is 0 Å². The molecule has 0 amide bonds. The Labute approximate surface area is 119 Å². The van der Waals surface area contributed by atoms with Crippen LogP contribution in [0, 0.1) is 5.92 Å². The summed E-state index contributed by atoms with van der Waals surface area (Å²) in [5.41, 5.74) is 0. The molecule has 2 heteroatoms. The molecule has 0 rings (SSSR count). The highest BCUT2D eigenvalue weighted by molar-refractivity contribution is 5.81. The van der Waals surface area contributed by atoms with E-state index in [0.717, 1.165) is 18.8 Å². The number of carbonyl (C=O) groups is 1. The molecule has 0 aromatic heterocycles. The molecular weight excluding hydrogens is 236 g/mol. The van der Waals surface area contributed by atoms with Gasteiger partial charge in [0.15, 0.2) is 0 Å². The summed E-state index contributed by atoms with van der Waals surface area (Å²) in [5, 5.41) is 0. The fourth-order valence-electron chi connectivity index (χ4n) is 2.12. The van der Waals surface area contributed by atoms with Crippen LogP contribution in [0.3, 0.4) is 0 Å². The third-order valence-electron chi connectivity index (χ3n) is 3.34. The van der Waals surface area contributed by atoms with Gasteiger partial charge in [-0.05, 0) is 12.3 Å². The summed E-state index contributed by atoms with van der Waals surface area (Å²) >= 11 is 0. The van der Waals surface area contributed by atoms with E-state index in [-0.39, 0.29) is 5.97 Å². The van der Waals surface area contributed by atoms with E-state index in [1.54, 1.807) is 0 Å². The van der Waals surface area contributed by atoms with Gasteiger partial charge >= 0.3 is 5.97 Å². The van der Waals surface area contributed by atoms with Gasteiger partial charge in [0, 0.05) is 6.08 Å². The van der Waals surface area contributed by atoms with E-state index in [9.17, 15) is 4.79 Å². The zero-order chi connectivity index (χ0) is 14.3. The minimum absolute atomic E-state index is 0.304. The first-order valence-corrected chi connectivity index (χ1v) is 7.96. The van der Waals surface area contributed by atoms with Crippen LogP contribution in [-0.2, 0) is 9.53 Å². The molecule has 0 radical (unpaired) electrons. The van der Waals surface area contributed by atoms with Gasteiger partial charge in [0.2, 0.25) is 0 Å². The Morgan fingerprint density at radius 1 is 0.947 bits per heavy atom. The summed E-state index contributed by atoms with van der Waals surface area (Å²) in [6, 6.07) is 0. The number of ether oxygens (including phenoxy) is 1. The van der Waals surface area contributed by atoms with Crippen molar-refractivity contribution in [2.24, 2.45) is 5.92 Å². The Bertz CT molecular complexity index is 221. The zero-order valence-electron chi connectivity index (χ0n) is 13.0. The second-order valence-corrected chi connectivity index (χ2v) is 5.74. The molecule has 0 unspecified atom stereocenters. The largest absolute Gasteiger partial charge is 0.463 e. The van der Waals surface area contributed by atoms with Gasteiger partial charge in [0.1, 0.15) is 0 Å². The third kappa shape index (κ3) is 15.2. The van der Waals surface area contributed by atoms with Gasteiger partial charge in [-0.25, -0.2) is 4.79 Å². The molecule has 0 bridgehead atoms. The lowest BCUT2D eigenvalue weighted by Gasteiger charge is -2.05. The second kappa shape index (κ2) is 13.6. The second-order valence-electron chi connectivity index (χ2n) is 5.74. The van der Waals surface area contributed by atoms with E-state index in [1.165, 1.54) is 57.4 Å². The SMILES string of the molecule is C=CC(=O)OCCCCCCCCCCCC(C)C. The number of esters is 1. The van der Waals surface area contributed by atoms with Gasteiger partial charge < -0.3 is 4.74 Å². The van der Waals surface area contributed by atoms with Crippen molar-refractivity contribution in [3.63, 3.8) is 0 Å². The maximum absolute atomic E-state index is 10.8. The van der Waals surface area contributed by atoms with E-state index < -0.39 is 0 Å². The van der Waals surface area contributed by atoms with Crippen LogP contribution in [0.15, 0.2) is 12.7 Å². The molecule has 0 aromatic rings. The van der Waals surface area contributed by atoms with E-state index in [0.29, 0.717) is 6.61 Å².